The van der Waals surface area contributed by atoms with E-state index in [2.05, 4.69) is 15.9 Å². The number of rotatable bonds is 3. The molecular formula is C12H15BrO. The third-order valence-electron chi connectivity index (χ3n) is 2.30. The smallest absolute Gasteiger partial charge is 0.0930 e. The van der Waals surface area contributed by atoms with Crippen molar-refractivity contribution in [2.24, 2.45) is 0 Å². The molecule has 0 aromatic heterocycles. The van der Waals surface area contributed by atoms with Gasteiger partial charge in [-0.1, -0.05) is 53.2 Å². The van der Waals surface area contributed by atoms with Crippen LogP contribution in [0.1, 0.15) is 25.8 Å². The maximum Gasteiger partial charge on any atom is 0.0930 e. The normalized spacial score (nSPS) is 16.4. The minimum absolute atomic E-state index is 0.691. The van der Waals surface area contributed by atoms with Gasteiger partial charge in [0, 0.05) is 4.48 Å². The topological polar surface area (TPSA) is 20.2 Å². The zero-order chi connectivity index (χ0) is 10.6. The third-order valence-corrected chi connectivity index (χ3v) is 3.38. The molecule has 76 valence electrons. The van der Waals surface area contributed by atoms with Crippen molar-refractivity contribution in [2.45, 2.75) is 25.9 Å². The van der Waals surface area contributed by atoms with Crippen LogP contribution in [0.3, 0.4) is 0 Å². The zero-order valence-corrected chi connectivity index (χ0v) is 10.1. The van der Waals surface area contributed by atoms with E-state index in [9.17, 15) is 5.11 Å². The lowest BCUT2D eigenvalue weighted by Crippen LogP contribution is -2.22. The summed E-state index contributed by atoms with van der Waals surface area (Å²) < 4.78 is 0.818. The van der Waals surface area contributed by atoms with Crippen molar-refractivity contribution in [1.29, 1.82) is 0 Å². The average molecular weight is 255 g/mol. The first-order valence-electron chi connectivity index (χ1n) is 4.71. The lowest BCUT2D eigenvalue weighted by molar-refractivity contribution is 0.105. The van der Waals surface area contributed by atoms with E-state index in [-0.39, 0.29) is 0 Å². The molecule has 1 aromatic rings. The van der Waals surface area contributed by atoms with E-state index in [4.69, 9.17) is 0 Å². The predicted octanol–water partition coefficient (Wildman–Crippen LogP) is 3.58. The Labute approximate surface area is 93.6 Å². The number of benzene rings is 1. The van der Waals surface area contributed by atoms with Gasteiger partial charge in [0.1, 0.15) is 0 Å². The summed E-state index contributed by atoms with van der Waals surface area (Å²) in [6.45, 7) is 3.76. The molecule has 0 aliphatic rings. The Morgan fingerprint density at radius 2 is 2.00 bits per heavy atom. The van der Waals surface area contributed by atoms with E-state index in [0.717, 1.165) is 10.0 Å². The first-order valence-corrected chi connectivity index (χ1v) is 5.50. The van der Waals surface area contributed by atoms with Gasteiger partial charge in [-0.05, 0) is 25.0 Å². The Hall–Kier alpha value is -0.600. The van der Waals surface area contributed by atoms with Crippen LogP contribution in [0.25, 0.3) is 6.08 Å². The molecule has 0 bridgehead atoms. The molecule has 0 fully saturated rings. The molecule has 2 heteroatoms. The summed E-state index contributed by atoms with van der Waals surface area (Å²) in [6.07, 6.45) is 2.64. The highest BCUT2D eigenvalue weighted by Crippen LogP contribution is 2.27. The molecule has 14 heavy (non-hydrogen) atoms. The maximum absolute atomic E-state index is 9.94. The van der Waals surface area contributed by atoms with E-state index in [0.29, 0.717) is 6.42 Å². The summed E-state index contributed by atoms with van der Waals surface area (Å²) in [7, 11) is 0. The monoisotopic (exact) mass is 254 g/mol. The van der Waals surface area contributed by atoms with Crippen LogP contribution in [0, 0.1) is 0 Å². The highest BCUT2D eigenvalue weighted by atomic mass is 79.9. The first kappa shape index (κ1) is 11.5. The van der Waals surface area contributed by atoms with Crippen LogP contribution in [0.4, 0.5) is 0 Å². The fourth-order valence-corrected chi connectivity index (χ4v) is 1.56. The summed E-state index contributed by atoms with van der Waals surface area (Å²) in [5, 5.41) is 9.94. The molecule has 0 aliphatic heterocycles. The van der Waals surface area contributed by atoms with Gasteiger partial charge in [-0.3, -0.25) is 0 Å². The summed E-state index contributed by atoms with van der Waals surface area (Å²) in [4.78, 5) is 0. The summed E-state index contributed by atoms with van der Waals surface area (Å²) in [5.74, 6) is 0. The van der Waals surface area contributed by atoms with E-state index < -0.39 is 5.60 Å². The lowest BCUT2D eigenvalue weighted by Gasteiger charge is -2.20. The van der Waals surface area contributed by atoms with Crippen LogP contribution in [0.5, 0.6) is 0 Å². The van der Waals surface area contributed by atoms with Gasteiger partial charge >= 0.3 is 0 Å². The molecule has 1 rings (SSSR count). The second-order valence-electron chi connectivity index (χ2n) is 3.53. The van der Waals surface area contributed by atoms with Gasteiger partial charge in [0.05, 0.1) is 5.60 Å². The van der Waals surface area contributed by atoms with Gasteiger partial charge in [-0.15, -0.1) is 0 Å². The molecule has 0 amide bonds. The Morgan fingerprint density at radius 1 is 1.43 bits per heavy atom. The molecule has 1 aromatic carbocycles. The summed E-state index contributed by atoms with van der Waals surface area (Å²) >= 11 is 3.41. The molecule has 0 heterocycles. The molecule has 0 unspecified atom stereocenters. The Bertz CT molecular complexity index is 314. The zero-order valence-electron chi connectivity index (χ0n) is 8.50. The highest BCUT2D eigenvalue weighted by molar-refractivity contribution is 9.11. The molecule has 0 saturated carbocycles. The second kappa shape index (κ2) is 4.76. The fourth-order valence-electron chi connectivity index (χ4n) is 1.02. The number of halogens is 1. The standard InChI is InChI=1S/C12H15BrO/c1-3-12(2,14)11(13)9-10-7-5-4-6-8-10/h4-9,14H,3H2,1-2H3/b11-9-/t12-/m1/s1. The van der Waals surface area contributed by atoms with E-state index in [1.54, 1.807) is 6.92 Å². The van der Waals surface area contributed by atoms with Crippen molar-refractivity contribution in [3.05, 3.63) is 40.4 Å². The highest BCUT2D eigenvalue weighted by Gasteiger charge is 2.20. The minimum Gasteiger partial charge on any atom is -0.385 e. The third kappa shape index (κ3) is 2.96. The predicted molar refractivity (Wildman–Crippen MR) is 64.3 cm³/mol. The molecule has 0 spiro atoms. The number of aliphatic hydroxyl groups is 1. The van der Waals surface area contributed by atoms with Gasteiger partial charge in [0.2, 0.25) is 0 Å². The van der Waals surface area contributed by atoms with Crippen molar-refractivity contribution in [3.63, 3.8) is 0 Å². The first-order chi connectivity index (χ1) is 6.56. The molecule has 0 radical (unpaired) electrons. The Morgan fingerprint density at radius 3 is 2.50 bits per heavy atom. The molecule has 1 atom stereocenters. The van der Waals surface area contributed by atoms with Crippen LogP contribution in [0.2, 0.25) is 0 Å². The van der Waals surface area contributed by atoms with Crippen molar-refractivity contribution >= 4 is 22.0 Å². The average Bonchev–Trinajstić information content (AvgIpc) is 2.19. The van der Waals surface area contributed by atoms with Crippen molar-refractivity contribution in [2.75, 3.05) is 0 Å². The van der Waals surface area contributed by atoms with Crippen LogP contribution in [-0.2, 0) is 0 Å². The van der Waals surface area contributed by atoms with Gasteiger partial charge in [-0.25, -0.2) is 0 Å². The molecule has 1 nitrogen and oxygen atoms in total. The second-order valence-corrected chi connectivity index (χ2v) is 4.38. The van der Waals surface area contributed by atoms with E-state index >= 15 is 0 Å². The minimum atomic E-state index is -0.768. The van der Waals surface area contributed by atoms with Gasteiger partial charge < -0.3 is 5.11 Å². The lowest BCUT2D eigenvalue weighted by atomic mass is 10.0. The fraction of sp³-hybridized carbons (Fsp3) is 0.333. The number of hydrogen-bond acceptors (Lipinski definition) is 1. The summed E-state index contributed by atoms with van der Waals surface area (Å²) in [6, 6.07) is 9.95. The number of hydrogen-bond donors (Lipinski definition) is 1. The molecule has 0 aliphatic carbocycles. The van der Waals surface area contributed by atoms with Crippen LogP contribution >= 0.6 is 15.9 Å². The Balaban J connectivity index is 2.89. The van der Waals surface area contributed by atoms with Gasteiger partial charge in [-0.2, -0.15) is 0 Å². The van der Waals surface area contributed by atoms with E-state index in [1.165, 1.54) is 0 Å². The Kier molecular flexibility index (Phi) is 3.90. The van der Waals surface area contributed by atoms with Crippen LogP contribution in [0.15, 0.2) is 34.8 Å². The molecular weight excluding hydrogens is 240 g/mol. The van der Waals surface area contributed by atoms with Crippen molar-refractivity contribution in [1.82, 2.24) is 0 Å². The largest absolute Gasteiger partial charge is 0.385 e. The van der Waals surface area contributed by atoms with Crippen molar-refractivity contribution in [3.8, 4) is 0 Å². The van der Waals surface area contributed by atoms with E-state index in [1.807, 2.05) is 43.3 Å². The SMILES string of the molecule is CC[C@@](C)(O)/C(Br)=C/c1ccccc1. The van der Waals surface area contributed by atoms with Gasteiger partial charge in [0.15, 0.2) is 0 Å². The van der Waals surface area contributed by atoms with Crippen LogP contribution < -0.4 is 0 Å². The quantitative estimate of drug-likeness (QED) is 0.875. The van der Waals surface area contributed by atoms with Gasteiger partial charge in [0.25, 0.3) is 0 Å². The maximum atomic E-state index is 9.94. The summed E-state index contributed by atoms with van der Waals surface area (Å²) in [5.41, 5.74) is 0.323. The molecule has 1 N–H and O–H groups in total. The van der Waals surface area contributed by atoms with Crippen molar-refractivity contribution < 1.29 is 5.11 Å². The van der Waals surface area contributed by atoms with Crippen LogP contribution in [-0.4, -0.2) is 10.7 Å². The molecule has 0 saturated heterocycles.